The minimum atomic E-state index is -0.580. The van der Waals surface area contributed by atoms with Gasteiger partial charge < -0.3 is 10.1 Å². The van der Waals surface area contributed by atoms with Crippen LogP contribution in [0.5, 0.6) is 0 Å². The molecule has 5 heteroatoms. The van der Waals surface area contributed by atoms with E-state index in [2.05, 4.69) is 17.2 Å². The Morgan fingerprint density at radius 2 is 2.15 bits per heavy atom. The van der Waals surface area contributed by atoms with Crippen LogP contribution in [0.2, 0.25) is 0 Å². The van der Waals surface area contributed by atoms with Crippen LogP contribution in [0.1, 0.15) is 36.7 Å². The van der Waals surface area contributed by atoms with E-state index in [1.165, 1.54) is 12.1 Å². The summed E-state index contributed by atoms with van der Waals surface area (Å²) in [5, 5.41) is 2.44. The summed E-state index contributed by atoms with van der Waals surface area (Å²) in [6, 6.07) is 4.00. The van der Waals surface area contributed by atoms with Crippen molar-refractivity contribution >= 4 is 12.4 Å². The summed E-state index contributed by atoms with van der Waals surface area (Å²) in [4.78, 5) is 21.8. The summed E-state index contributed by atoms with van der Waals surface area (Å²) < 4.78 is 18.5. The summed E-state index contributed by atoms with van der Waals surface area (Å²) in [6.45, 7) is 5.30. The van der Waals surface area contributed by atoms with Crippen LogP contribution in [0.25, 0.3) is 0 Å². The molecule has 0 unspecified atom stereocenters. The van der Waals surface area contributed by atoms with E-state index in [0.29, 0.717) is 6.29 Å². The third kappa shape index (κ3) is 5.53. The van der Waals surface area contributed by atoms with E-state index in [0.717, 1.165) is 6.07 Å². The highest BCUT2D eigenvalue weighted by Crippen LogP contribution is 2.08. The van der Waals surface area contributed by atoms with Crippen molar-refractivity contribution in [1.82, 2.24) is 5.32 Å². The van der Waals surface area contributed by atoms with E-state index in [-0.39, 0.29) is 17.7 Å². The van der Waals surface area contributed by atoms with Crippen LogP contribution in [0.4, 0.5) is 9.18 Å². The van der Waals surface area contributed by atoms with Gasteiger partial charge >= 0.3 is 6.09 Å². The Bertz CT molecular complexity index is 565. The van der Waals surface area contributed by atoms with Crippen molar-refractivity contribution in [3.8, 4) is 11.8 Å². The second-order valence-electron chi connectivity index (χ2n) is 5.01. The monoisotopic (exact) mass is 277 g/mol. The quantitative estimate of drug-likeness (QED) is 0.667. The summed E-state index contributed by atoms with van der Waals surface area (Å²) in [5.41, 5.74) is -0.157. The van der Waals surface area contributed by atoms with E-state index < -0.39 is 17.5 Å². The fourth-order valence-corrected chi connectivity index (χ4v) is 1.28. The third-order valence-corrected chi connectivity index (χ3v) is 2.07. The number of hydrogen-bond acceptors (Lipinski definition) is 3. The molecule has 0 aliphatic carbocycles. The second-order valence-corrected chi connectivity index (χ2v) is 5.01. The summed E-state index contributed by atoms with van der Waals surface area (Å²) in [5.74, 6) is 4.61. The molecule has 1 aromatic carbocycles. The molecule has 0 bridgehead atoms. The number of carbonyl (C=O) groups excluding carboxylic acids is 2. The number of nitrogens with one attached hydrogen (secondary N) is 1. The van der Waals surface area contributed by atoms with Gasteiger partial charge in [-0.1, -0.05) is 17.9 Å². The number of ether oxygens (including phenoxy) is 1. The van der Waals surface area contributed by atoms with Gasteiger partial charge in [0.15, 0.2) is 0 Å². The zero-order chi connectivity index (χ0) is 15.2. The molecule has 0 aliphatic heterocycles. The molecule has 0 heterocycles. The number of hydrogen-bond donors (Lipinski definition) is 1. The fraction of sp³-hybridized carbons (Fsp3) is 0.333. The van der Waals surface area contributed by atoms with E-state index >= 15 is 0 Å². The number of benzene rings is 1. The molecule has 0 spiro atoms. The first-order valence-electron chi connectivity index (χ1n) is 6.02. The molecule has 1 rings (SSSR count). The van der Waals surface area contributed by atoms with Gasteiger partial charge in [0.1, 0.15) is 17.7 Å². The van der Waals surface area contributed by atoms with Crippen molar-refractivity contribution in [2.45, 2.75) is 26.4 Å². The largest absolute Gasteiger partial charge is 0.444 e. The first kappa shape index (κ1) is 15.7. The molecule has 0 aliphatic rings. The number of rotatable bonds is 2. The highest BCUT2D eigenvalue weighted by atomic mass is 19.1. The molecule has 0 radical (unpaired) electrons. The van der Waals surface area contributed by atoms with Crippen molar-refractivity contribution in [3.63, 3.8) is 0 Å². The molecule has 0 saturated heterocycles. The third-order valence-electron chi connectivity index (χ3n) is 2.07. The van der Waals surface area contributed by atoms with Crippen LogP contribution in [0.3, 0.4) is 0 Å². The number of aldehydes is 1. The Balaban J connectivity index is 2.55. The Hall–Kier alpha value is -2.35. The normalized spacial score (nSPS) is 10.2. The molecular weight excluding hydrogens is 261 g/mol. The van der Waals surface area contributed by atoms with E-state index in [1.807, 2.05) is 0 Å². The molecule has 0 saturated carbocycles. The van der Waals surface area contributed by atoms with Gasteiger partial charge in [0, 0.05) is 5.56 Å². The Kier molecular flexibility index (Phi) is 5.27. The summed E-state index contributed by atoms with van der Waals surface area (Å²) >= 11 is 0. The van der Waals surface area contributed by atoms with Crippen LogP contribution < -0.4 is 5.32 Å². The van der Waals surface area contributed by atoms with Gasteiger partial charge in [-0.05, 0) is 32.9 Å². The maximum Gasteiger partial charge on any atom is 0.408 e. The lowest BCUT2D eigenvalue weighted by Gasteiger charge is -2.18. The average molecular weight is 277 g/mol. The smallest absolute Gasteiger partial charge is 0.408 e. The molecule has 20 heavy (non-hydrogen) atoms. The number of alkyl carbamates (subject to hydrolysis) is 1. The van der Waals surface area contributed by atoms with Gasteiger partial charge in [-0.3, -0.25) is 4.79 Å². The lowest BCUT2D eigenvalue weighted by atomic mass is 10.1. The zero-order valence-electron chi connectivity index (χ0n) is 11.6. The van der Waals surface area contributed by atoms with Crippen molar-refractivity contribution in [2.24, 2.45) is 0 Å². The lowest BCUT2D eigenvalue weighted by molar-refractivity contribution is 0.0535. The van der Waals surface area contributed by atoms with Gasteiger partial charge in [0.25, 0.3) is 0 Å². The minimum absolute atomic E-state index is 0.0454. The first-order valence-corrected chi connectivity index (χ1v) is 6.02. The van der Waals surface area contributed by atoms with Crippen LogP contribution in [0, 0.1) is 17.7 Å². The molecule has 0 aromatic heterocycles. The van der Waals surface area contributed by atoms with Crippen molar-refractivity contribution in [2.75, 3.05) is 6.54 Å². The lowest BCUT2D eigenvalue weighted by Crippen LogP contribution is -2.32. The molecule has 1 N–H and O–H groups in total. The van der Waals surface area contributed by atoms with Gasteiger partial charge in [0.05, 0.1) is 12.1 Å². The topological polar surface area (TPSA) is 55.4 Å². The van der Waals surface area contributed by atoms with Gasteiger partial charge in [0.2, 0.25) is 0 Å². The molecule has 1 aromatic rings. The van der Waals surface area contributed by atoms with Crippen molar-refractivity contribution < 1.29 is 18.7 Å². The molecule has 0 fully saturated rings. The standard InChI is InChI=1S/C15H16FNO3/c1-15(2,3)20-14(19)17-8-4-5-12-7-6-11(10-18)9-13(12)16/h6-7,9-10H,8H2,1-3H3,(H,17,19). The molecule has 106 valence electrons. The maximum absolute atomic E-state index is 13.5. The van der Waals surface area contributed by atoms with E-state index in [1.54, 1.807) is 20.8 Å². The SMILES string of the molecule is CC(C)(C)OC(=O)NCC#Cc1ccc(C=O)cc1F. The maximum atomic E-state index is 13.5. The van der Waals surface area contributed by atoms with E-state index in [4.69, 9.17) is 4.74 Å². The number of carbonyl (C=O) groups is 2. The highest BCUT2D eigenvalue weighted by molar-refractivity contribution is 5.75. The van der Waals surface area contributed by atoms with Gasteiger partial charge in [-0.2, -0.15) is 0 Å². The molecule has 0 atom stereocenters. The van der Waals surface area contributed by atoms with Crippen LogP contribution in [0.15, 0.2) is 18.2 Å². The number of halogens is 1. The minimum Gasteiger partial charge on any atom is -0.444 e. The highest BCUT2D eigenvalue weighted by Gasteiger charge is 2.14. The Morgan fingerprint density at radius 3 is 2.70 bits per heavy atom. The average Bonchev–Trinajstić information content (AvgIpc) is 2.33. The summed E-state index contributed by atoms with van der Waals surface area (Å²) in [7, 11) is 0. The van der Waals surface area contributed by atoms with Crippen LogP contribution in [-0.2, 0) is 4.74 Å². The summed E-state index contributed by atoms with van der Waals surface area (Å²) in [6.07, 6.45) is -0.0202. The predicted molar refractivity (Wildman–Crippen MR) is 72.9 cm³/mol. The second kappa shape index (κ2) is 6.71. The van der Waals surface area contributed by atoms with Crippen LogP contribution >= 0.6 is 0 Å². The van der Waals surface area contributed by atoms with Crippen molar-refractivity contribution in [3.05, 3.63) is 35.1 Å². The van der Waals surface area contributed by atoms with Crippen LogP contribution in [-0.4, -0.2) is 24.5 Å². The van der Waals surface area contributed by atoms with Crippen molar-refractivity contribution in [1.29, 1.82) is 0 Å². The van der Waals surface area contributed by atoms with Gasteiger partial charge in [-0.25, -0.2) is 9.18 Å². The Morgan fingerprint density at radius 1 is 1.45 bits per heavy atom. The molecular formula is C15H16FNO3. The molecule has 1 amide bonds. The first-order chi connectivity index (χ1) is 9.31. The van der Waals surface area contributed by atoms with Gasteiger partial charge in [-0.15, -0.1) is 0 Å². The Labute approximate surface area is 117 Å². The predicted octanol–water partition coefficient (Wildman–Crippen LogP) is 2.51. The molecule has 4 nitrogen and oxygen atoms in total. The fourth-order valence-electron chi connectivity index (χ4n) is 1.28. The number of amides is 1. The van der Waals surface area contributed by atoms with E-state index in [9.17, 15) is 14.0 Å². The zero-order valence-corrected chi connectivity index (χ0v) is 11.6.